The molecule has 1 atom stereocenters. The van der Waals surface area contributed by atoms with E-state index in [9.17, 15) is 18.3 Å². The number of fused-ring (bicyclic) bond motifs is 3. The maximum Gasteiger partial charge on any atom is 0.433 e. The van der Waals surface area contributed by atoms with Crippen LogP contribution in [0.25, 0.3) is 10.9 Å². The highest BCUT2D eigenvalue weighted by atomic mass is 19.4. The van der Waals surface area contributed by atoms with Crippen molar-refractivity contribution in [2.45, 2.75) is 45.1 Å². The number of rotatable bonds is 3. The standard InChI is InChI=1S/C22H24F3N3O/c1-14-4-6-18-16(10-14)17-12-27(3)9-8-19(17)28(18)13-21(2,29)15-5-7-20(26-11-15)22(23,24)25/h4-7,10-11,29H,8-9,12-13H2,1-3H3. The lowest BCUT2D eigenvalue weighted by atomic mass is 9.97. The van der Waals surface area contributed by atoms with E-state index in [4.69, 9.17) is 0 Å². The third-order valence-corrected chi connectivity index (χ3v) is 5.74. The van der Waals surface area contributed by atoms with Crippen LogP contribution in [-0.4, -0.2) is 33.1 Å². The Bertz CT molecular complexity index is 1050. The Hall–Kier alpha value is -2.38. The van der Waals surface area contributed by atoms with Crippen LogP contribution in [0.3, 0.4) is 0 Å². The van der Waals surface area contributed by atoms with E-state index in [-0.39, 0.29) is 6.54 Å². The molecule has 0 radical (unpaired) electrons. The molecular formula is C22H24F3N3O. The van der Waals surface area contributed by atoms with Crippen LogP contribution in [0.5, 0.6) is 0 Å². The number of aromatic nitrogens is 2. The average Bonchev–Trinajstić information content (AvgIpc) is 2.93. The highest BCUT2D eigenvalue weighted by Crippen LogP contribution is 2.35. The number of likely N-dealkylation sites (N-methyl/N-ethyl adjacent to an activating group) is 1. The van der Waals surface area contributed by atoms with E-state index in [0.717, 1.165) is 37.3 Å². The number of alkyl halides is 3. The highest BCUT2D eigenvalue weighted by Gasteiger charge is 2.34. The number of nitrogens with zero attached hydrogens (tertiary/aromatic N) is 3. The van der Waals surface area contributed by atoms with Crippen LogP contribution < -0.4 is 0 Å². The van der Waals surface area contributed by atoms with Crippen LogP contribution >= 0.6 is 0 Å². The largest absolute Gasteiger partial charge is 0.433 e. The summed E-state index contributed by atoms with van der Waals surface area (Å²) in [5.74, 6) is 0. The summed E-state index contributed by atoms with van der Waals surface area (Å²) in [6, 6.07) is 8.50. The zero-order valence-corrected chi connectivity index (χ0v) is 16.7. The third kappa shape index (κ3) is 3.65. The minimum atomic E-state index is -4.50. The number of aliphatic hydroxyl groups is 1. The first-order chi connectivity index (χ1) is 13.6. The van der Waals surface area contributed by atoms with Crippen LogP contribution in [0.2, 0.25) is 0 Å². The quantitative estimate of drug-likeness (QED) is 0.711. The van der Waals surface area contributed by atoms with Crippen LogP contribution in [0.4, 0.5) is 13.2 Å². The molecule has 0 aliphatic carbocycles. The van der Waals surface area contributed by atoms with Crippen molar-refractivity contribution in [3.05, 3.63) is 64.6 Å². The Morgan fingerprint density at radius 1 is 1.17 bits per heavy atom. The second-order valence-electron chi connectivity index (χ2n) is 8.22. The van der Waals surface area contributed by atoms with Gasteiger partial charge in [-0.15, -0.1) is 0 Å². The first-order valence-electron chi connectivity index (χ1n) is 9.61. The summed E-state index contributed by atoms with van der Waals surface area (Å²) < 4.78 is 40.6. The van der Waals surface area contributed by atoms with Crippen LogP contribution in [0.1, 0.15) is 35.0 Å². The minimum Gasteiger partial charge on any atom is -0.384 e. The van der Waals surface area contributed by atoms with E-state index in [1.807, 2.05) is 6.07 Å². The van der Waals surface area contributed by atoms with Gasteiger partial charge in [0.1, 0.15) is 11.3 Å². The Morgan fingerprint density at radius 3 is 2.59 bits per heavy atom. The normalized spacial score (nSPS) is 17.3. The zero-order chi connectivity index (χ0) is 21.0. The molecule has 2 aromatic heterocycles. The van der Waals surface area contributed by atoms with E-state index >= 15 is 0 Å². The number of halogens is 3. The number of pyridine rings is 1. The van der Waals surface area contributed by atoms with Crippen LogP contribution in [0, 0.1) is 6.92 Å². The van der Waals surface area contributed by atoms with Crippen LogP contribution in [-0.2, 0) is 31.3 Å². The molecule has 29 heavy (non-hydrogen) atoms. The SMILES string of the molecule is Cc1ccc2c(c1)c1c(n2CC(C)(O)c2ccc(C(F)(F)F)nc2)CCN(C)C1. The fourth-order valence-corrected chi connectivity index (χ4v) is 4.16. The summed E-state index contributed by atoms with van der Waals surface area (Å²) in [5, 5.41) is 12.3. The number of hydrogen-bond donors (Lipinski definition) is 1. The fourth-order valence-electron chi connectivity index (χ4n) is 4.16. The molecule has 0 amide bonds. The summed E-state index contributed by atoms with van der Waals surface area (Å²) in [6.07, 6.45) is -2.51. The van der Waals surface area contributed by atoms with Crippen molar-refractivity contribution in [3.63, 3.8) is 0 Å². The van der Waals surface area contributed by atoms with Crippen molar-refractivity contribution in [3.8, 4) is 0 Å². The molecule has 1 aliphatic rings. The monoisotopic (exact) mass is 403 g/mol. The molecular weight excluding hydrogens is 379 g/mol. The maximum absolute atomic E-state index is 12.8. The Balaban J connectivity index is 1.75. The molecule has 1 N–H and O–H groups in total. The molecule has 3 heterocycles. The molecule has 0 fully saturated rings. The molecule has 4 nitrogen and oxygen atoms in total. The van der Waals surface area contributed by atoms with Crippen LogP contribution in [0.15, 0.2) is 36.5 Å². The average molecular weight is 403 g/mol. The molecule has 154 valence electrons. The lowest BCUT2D eigenvalue weighted by Crippen LogP contribution is -2.31. The lowest BCUT2D eigenvalue weighted by molar-refractivity contribution is -0.141. The lowest BCUT2D eigenvalue weighted by Gasteiger charge is -2.29. The first-order valence-corrected chi connectivity index (χ1v) is 9.61. The Kier molecular flexibility index (Phi) is 4.70. The Morgan fingerprint density at radius 2 is 1.93 bits per heavy atom. The van der Waals surface area contributed by atoms with Gasteiger partial charge < -0.3 is 14.6 Å². The minimum absolute atomic E-state index is 0.249. The van der Waals surface area contributed by atoms with Crippen molar-refractivity contribution < 1.29 is 18.3 Å². The van der Waals surface area contributed by atoms with Crippen molar-refractivity contribution >= 4 is 10.9 Å². The van der Waals surface area contributed by atoms with E-state index in [1.165, 1.54) is 28.3 Å². The zero-order valence-electron chi connectivity index (χ0n) is 16.7. The third-order valence-electron chi connectivity index (χ3n) is 5.74. The van der Waals surface area contributed by atoms with E-state index in [1.54, 1.807) is 6.92 Å². The smallest absolute Gasteiger partial charge is 0.384 e. The van der Waals surface area contributed by atoms with Gasteiger partial charge in [-0.05, 0) is 44.7 Å². The molecule has 3 aromatic rings. The molecule has 1 unspecified atom stereocenters. The van der Waals surface area contributed by atoms with Gasteiger partial charge in [-0.3, -0.25) is 4.98 Å². The molecule has 0 spiro atoms. The van der Waals surface area contributed by atoms with Gasteiger partial charge in [-0.1, -0.05) is 17.7 Å². The summed E-state index contributed by atoms with van der Waals surface area (Å²) in [6.45, 7) is 5.69. The summed E-state index contributed by atoms with van der Waals surface area (Å²) in [7, 11) is 2.09. The second kappa shape index (κ2) is 6.85. The van der Waals surface area contributed by atoms with E-state index in [2.05, 4.69) is 40.6 Å². The van der Waals surface area contributed by atoms with E-state index in [0.29, 0.717) is 5.56 Å². The molecule has 1 aromatic carbocycles. The topological polar surface area (TPSA) is 41.3 Å². The maximum atomic E-state index is 12.8. The number of benzene rings is 1. The summed E-state index contributed by atoms with van der Waals surface area (Å²) >= 11 is 0. The number of aryl methyl sites for hydroxylation is 1. The Labute approximate surface area is 167 Å². The summed E-state index contributed by atoms with van der Waals surface area (Å²) in [4.78, 5) is 5.79. The molecule has 7 heteroatoms. The molecule has 4 rings (SSSR count). The van der Waals surface area contributed by atoms with Gasteiger partial charge in [0.25, 0.3) is 0 Å². The predicted molar refractivity (Wildman–Crippen MR) is 106 cm³/mol. The van der Waals surface area contributed by atoms with Gasteiger partial charge in [-0.25, -0.2) is 0 Å². The fraction of sp³-hybridized carbons (Fsp3) is 0.409. The van der Waals surface area contributed by atoms with Gasteiger partial charge >= 0.3 is 6.18 Å². The van der Waals surface area contributed by atoms with Gasteiger partial charge in [0.05, 0.1) is 6.54 Å². The van der Waals surface area contributed by atoms with E-state index < -0.39 is 17.5 Å². The van der Waals surface area contributed by atoms with Gasteiger partial charge in [0.2, 0.25) is 0 Å². The van der Waals surface area contributed by atoms with Gasteiger partial charge in [0, 0.05) is 47.9 Å². The molecule has 0 saturated heterocycles. The van der Waals surface area contributed by atoms with Crippen molar-refractivity contribution in [1.29, 1.82) is 0 Å². The van der Waals surface area contributed by atoms with Crippen molar-refractivity contribution in [2.75, 3.05) is 13.6 Å². The second-order valence-corrected chi connectivity index (χ2v) is 8.22. The molecule has 0 bridgehead atoms. The van der Waals surface area contributed by atoms with Gasteiger partial charge in [-0.2, -0.15) is 13.2 Å². The van der Waals surface area contributed by atoms with Gasteiger partial charge in [0.15, 0.2) is 0 Å². The summed E-state index contributed by atoms with van der Waals surface area (Å²) in [5.41, 5.74) is 2.70. The molecule has 1 aliphatic heterocycles. The predicted octanol–water partition coefficient (Wildman–Crippen LogP) is 4.26. The highest BCUT2D eigenvalue weighted by molar-refractivity contribution is 5.86. The van der Waals surface area contributed by atoms with Crippen molar-refractivity contribution in [1.82, 2.24) is 14.5 Å². The first kappa shape index (κ1) is 19.9. The number of hydrogen-bond acceptors (Lipinski definition) is 3. The molecule has 0 saturated carbocycles. The van der Waals surface area contributed by atoms with Crippen molar-refractivity contribution in [2.24, 2.45) is 0 Å².